The van der Waals surface area contributed by atoms with E-state index < -0.39 is 0 Å². The molecule has 0 aliphatic heterocycles. The molecule has 27 heavy (non-hydrogen) atoms. The first-order valence-corrected chi connectivity index (χ1v) is 8.44. The topological polar surface area (TPSA) is 117 Å². The highest BCUT2D eigenvalue weighted by Gasteiger charge is 2.15. The summed E-state index contributed by atoms with van der Waals surface area (Å²) >= 11 is 0. The molecular formula is C21H18N6. The predicted octanol–water partition coefficient (Wildman–Crippen LogP) is 3.62. The van der Waals surface area contributed by atoms with Crippen molar-refractivity contribution >= 4 is 17.1 Å². The third-order valence-electron chi connectivity index (χ3n) is 4.24. The van der Waals surface area contributed by atoms with Gasteiger partial charge in [0.15, 0.2) is 17.5 Å². The molecule has 0 unspecified atom stereocenters. The van der Waals surface area contributed by atoms with Crippen LogP contribution in [0.2, 0.25) is 0 Å². The number of aromatic nitrogens is 3. The molecule has 0 saturated carbocycles. The van der Waals surface area contributed by atoms with E-state index >= 15 is 0 Å². The number of nitrogens with two attached hydrogens (primary N) is 3. The van der Waals surface area contributed by atoms with Gasteiger partial charge < -0.3 is 17.2 Å². The van der Waals surface area contributed by atoms with Gasteiger partial charge >= 0.3 is 0 Å². The van der Waals surface area contributed by atoms with Crippen LogP contribution in [0.5, 0.6) is 0 Å². The molecule has 4 aromatic rings. The molecule has 0 fully saturated rings. The minimum Gasteiger partial charge on any atom is -0.398 e. The molecule has 1 heterocycles. The van der Waals surface area contributed by atoms with Gasteiger partial charge in [0.1, 0.15) is 0 Å². The fraction of sp³-hybridized carbons (Fsp3) is 0. The average molecular weight is 354 g/mol. The molecule has 0 amide bonds. The van der Waals surface area contributed by atoms with Gasteiger partial charge in [-0.2, -0.15) is 0 Å². The molecule has 6 nitrogen and oxygen atoms in total. The summed E-state index contributed by atoms with van der Waals surface area (Å²) in [7, 11) is 0. The molecule has 0 aliphatic carbocycles. The van der Waals surface area contributed by atoms with Crippen LogP contribution < -0.4 is 17.2 Å². The van der Waals surface area contributed by atoms with E-state index in [0.717, 1.165) is 16.7 Å². The summed E-state index contributed by atoms with van der Waals surface area (Å²) in [6.07, 6.45) is 0. The number of rotatable bonds is 3. The van der Waals surface area contributed by atoms with Crippen molar-refractivity contribution in [3.63, 3.8) is 0 Å². The maximum absolute atomic E-state index is 6.14. The lowest BCUT2D eigenvalue weighted by molar-refractivity contribution is 1.08. The van der Waals surface area contributed by atoms with Crippen LogP contribution in [0.3, 0.4) is 0 Å². The number of benzene rings is 3. The third-order valence-corrected chi connectivity index (χ3v) is 4.24. The molecule has 1 aromatic heterocycles. The molecule has 0 spiro atoms. The van der Waals surface area contributed by atoms with Crippen LogP contribution in [-0.2, 0) is 0 Å². The predicted molar refractivity (Wildman–Crippen MR) is 109 cm³/mol. The summed E-state index contributed by atoms with van der Waals surface area (Å²) in [5.74, 6) is 1.42. The van der Waals surface area contributed by atoms with Gasteiger partial charge in [0.2, 0.25) is 0 Å². The Morgan fingerprint density at radius 2 is 0.667 bits per heavy atom. The Morgan fingerprint density at radius 1 is 0.407 bits per heavy atom. The lowest BCUT2D eigenvalue weighted by Crippen LogP contribution is -2.04. The van der Waals surface area contributed by atoms with Crippen LogP contribution in [0.15, 0.2) is 72.8 Å². The Kier molecular flexibility index (Phi) is 4.14. The number of nitrogens with zero attached hydrogens (tertiary/aromatic N) is 3. The van der Waals surface area contributed by atoms with E-state index in [1.807, 2.05) is 72.8 Å². The SMILES string of the molecule is Nc1ccccc1-c1nc(-c2ccccc2N)nc(-c2ccccc2N)n1. The number of nitrogen functional groups attached to an aromatic ring is 3. The van der Waals surface area contributed by atoms with E-state index in [1.54, 1.807) is 0 Å². The van der Waals surface area contributed by atoms with Crippen LogP contribution in [0.25, 0.3) is 34.2 Å². The van der Waals surface area contributed by atoms with Crippen LogP contribution in [0.1, 0.15) is 0 Å². The second kappa shape index (κ2) is 6.76. The van der Waals surface area contributed by atoms with E-state index in [1.165, 1.54) is 0 Å². The third kappa shape index (κ3) is 3.16. The Morgan fingerprint density at radius 3 is 0.926 bits per heavy atom. The van der Waals surface area contributed by atoms with E-state index in [4.69, 9.17) is 17.2 Å². The first kappa shape index (κ1) is 16.5. The molecule has 0 atom stereocenters. The van der Waals surface area contributed by atoms with Crippen molar-refractivity contribution in [1.29, 1.82) is 0 Å². The number of anilines is 3. The molecular weight excluding hydrogens is 336 g/mol. The Hall–Kier alpha value is -3.93. The van der Waals surface area contributed by atoms with Gasteiger partial charge in [-0.1, -0.05) is 36.4 Å². The van der Waals surface area contributed by atoms with Crippen molar-refractivity contribution in [2.75, 3.05) is 17.2 Å². The fourth-order valence-electron chi connectivity index (χ4n) is 2.84. The molecule has 132 valence electrons. The Labute approximate surface area is 156 Å². The fourth-order valence-corrected chi connectivity index (χ4v) is 2.84. The van der Waals surface area contributed by atoms with E-state index in [-0.39, 0.29) is 0 Å². The van der Waals surface area contributed by atoms with Gasteiger partial charge in [-0.15, -0.1) is 0 Å². The highest BCUT2D eigenvalue weighted by Crippen LogP contribution is 2.30. The lowest BCUT2D eigenvalue weighted by atomic mass is 10.1. The van der Waals surface area contributed by atoms with Gasteiger partial charge in [-0.25, -0.2) is 15.0 Å². The molecule has 0 aliphatic rings. The zero-order chi connectivity index (χ0) is 18.8. The largest absolute Gasteiger partial charge is 0.398 e. The van der Waals surface area contributed by atoms with Gasteiger partial charge in [-0.05, 0) is 36.4 Å². The first-order valence-electron chi connectivity index (χ1n) is 8.44. The maximum atomic E-state index is 6.14. The summed E-state index contributed by atoms with van der Waals surface area (Å²) in [5, 5.41) is 0. The zero-order valence-corrected chi connectivity index (χ0v) is 14.5. The average Bonchev–Trinajstić information content (AvgIpc) is 2.69. The number of hydrogen-bond donors (Lipinski definition) is 3. The molecule has 0 radical (unpaired) electrons. The van der Waals surface area contributed by atoms with E-state index in [2.05, 4.69) is 15.0 Å². The van der Waals surface area contributed by atoms with Crippen molar-refractivity contribution in [1.82, 2.24) is 15.0 Å². The van der Waals surface area contributed by atoms with Crippen molar-refractivity contribution in [2.45, 2.75) is 0 Å². The van der Waals surface area contributed by atoms with Gasteiger partial charge in [0, 0.05) is 33.8 Å². The first-order chi connectivity index (χ1) is 13.1. The van der Waals surface area contributed by atoms with Crippen LogP contribution in [-0.4, -0.2) is 15.0 Å². The van der Waals surface area contributed by atoms with Crippen molar-refractivity contribution < 1.29 is 0 Å². The quantitative estimate of drug-likeness (QED) is 0.484. The van der Waals surface area contributed by atoms with Gasteiger partial charge in [0.05, 0.1) is 0 Å². The van der Waals surface area contributed by atoms with Gasteiger partial charge in [-0.3, -0.25) is 0 Å². The highest BCUT2D eigenvalue weighted by atomic mass is 15.0. The van der Waals surface area contributed by atoms with Crippen LogP contribution in [0.4, 0.5) is 17.1 Å². The van der Waals surface area contributed by atoms with Crippen molar-refractivity contribution in [3.05, 3.63) is 72.8 Å². The Bertz CT molecular complexity index is 969. The molecule has 0 saturated heterocycles. The second-order valence-electron chi connectivity index (χ2n) is 6.07. The summed E-state index contributed by atoms with van der Waals surface area (Å²) < 4.78 is 0. The van der Waals surface area contributed by atoms with Gasteiger partial charge in [0.25, 0.3) is 0 Å². The lowest BCUT2D eigenvalue weighted by Gasteiger charge is -2.11. The Balaban J connectivity index is 1.99. The maximum Gasteiger partial charge on any atom is 0.166 e. The summed E-state index contributed by atoms with van der Waals surface area (Å²) in [6, 6.07) is 22.3. The molecule has 0 bridgehead atoms. The van der Waals surface area contributed by atoms with Crippen molar-refractivity contribution in [3.8, 4) is 34.2 Å². The van der Waals surface area contributed by atoms with Crippen LogP contribution >= 0.6 is 0 Å². The molecule has 6 N–H and O–H groups in total. The summed E-state index contributed by atoms with van der Waals surface area (Å²) in [4.78, 5) is 13.9. The molecule has 6 heteroatoms. The molecule has 3 aromatic carbocycles. The standard InChI is InChI=1S/C21H18N6/c22-16-10-4-1-7-13(16)19-25-20(14-8-2-5-11-17(14)23)27-21(26-19)15-9-3-6-12-18(15)24/h1-12H,22-24H2. The smallest absolute Gasteiger partial charge is 0.166 e. The van der Waals surface area contributed by atoms with Crippen LogP contribution in [0, 0.1) is 0 Å². The molecule has 4 rings (SSSR count). The number of para-hydroxylation sites is 3. The zero-order valence-electron chi connectivity index (χ0n) is 14.5. The minimum absolute atomic E-state index is 0.472. The minimum atomic E-state index is 0.472. The number of hydrogen-bond acceptors (Lipinski definition) is 6. The van der Waals surface area contributed by atoms with Crippen molar-refractivity contribution in [2.24, 2.45) is 0 Å². The van der Waals surface area contributed by atoms with E-state index in [9.17, 15) is 0 Å². The summed E-state index contributed by atoms with van der Waals surface area (Å²) in [5.41, 5.74) is 22.4. The summed E-state index contributed by atoms with van der Waals surface area (Å²) in [6.45, 7) is 0. The monoisotopic (exact) mass is 354 g/mol. The highest BCUT2D eigenvalue weighted by molar-refractivity contribution is 5.79. The normalized spacial score (nSPS) is 10.7. The second-order valence-corrected chi connectivity index (χ2v) is 6.07. The van der Waals surface area contributed by atoms with E-state index in [0.29, 0.717) is 34.5 Å².